The van der Waals surface area contributed by atoms with Crippen molar-refractivity contribution in [1.82, 2.24) is 9.97 Å². The molecule has 0 atom stereocenters. The third-order valence-electron chi connectivity index (χ3n) is 3.40. The van der Waals surface area contributed by atoms with E-state index in [-0.39, 0.29) is 16.7 Å². The molecule has 0 aliphatic rings. The minimum atomic E-state index is -3.80. The molecule has 6 nitrogen and oxygen atoms in total. The van der Waals surface area contributed by atoms with Crippen molar-refractivity contribution >= 4 is 22.0 Å². The molecular weight excluding hydrogens is 362 g/mol. The molecule has 3 rings (SSSR count). The SMILES string of the molecule is CC(C)=Cc1cc(Oc2ccccc2)nc(NS(=O)(=O)c2ccccc2)n1. The average molecular weight is 381 g/mol. The van der Waals surface area contributed by atoms with Gasteiger partial charge in [0.05, 0.1) is 10.6 Å². The highest BCUT2D eigenvalue weighted by molar-refractivity contribution is 7.92. The van der Waals surface area contributed by atoms with Gasteiger partial charge in [-0.1, -0.05) is 42.0 Å². The summed E-state index contributed by atoms with van der Waals surface area (Å²) in [6.45, 7) is 3.85. The van der Waals surface area contributed by atoms with Gasteiger partial charge in [-0.3, -0.25) is 0 Å². The molecule has 0 saturated heterocycles. The summed E-state index contributed by atoms with van der Waals surface area (Å²) in [5.41, 5.74) is 1.55. The molecule has 0 bridgehead atoms. The van der Waals surface area contributed by atoms with Gasteiger partial charge in [-0.15, -0.1) is 0 Å². The number of para-hydroxylation sites is 1. The van der Waals surface area contributed by atoms with E-state index in [2.05, 4.69) is 14.7 Å². The van der Waals surface area contributed by atoms with E-state index in [9.17, 15) is 8.42 Å². The van der Waals surface area contributed by atoms with Gasteiger partial charge in [0.25, 0.3) is 10.0 Å². The third-order valence-corrected chi connectivity index (χ3v) is 4.75. The minimum absolute atomic E-state index is 0.0558. The Morgan fingerprint density at radius 2 is 1.59 bits per heavy atom. The number of nitrogens with one attached hydrogen (secondary N) is 1. The summed E-state index contributed by atoms with van der Waals surface area (Å²) in [6, 6.07) is 18.8. The summed E-state index contributed by atoms with van der Waals surface area (Å²) in [5.74, 6) is 0.783. The van der Waals surface area contributed by atoms with E-state index in [1.807, 2.05) is 38.1 Å². The van der Waals surface area contributed by atoms with Gasteiger partial charge < -0.3 is 4.74 Å². The summed E-state index contributed by atoms with van der Waals surface area (Å²) in [5, 5.41) is 0. The molecule has 2 aromatic carbocycles. The third kappa shape index (κ3) is 5.15. The van der Waals surface area contributed by atoms with Crippen LogP contribution in [-0.4, -0.2) is 18.4 Å². The fraction of sp³-hybridized carbons (Fsp3) is 0.100. The lowest BCUT2D eigenvalue weighted by Crippen LogP contribution is -2.15. The van der Waals surface area contributed by atoms with Crippen LogP contribution in [0.3, 0.4) is 0 Å². The van der Waals surface area contributed by atoms with Crippen molar-refractivity contribution in [3.8, 4) is 11.6 Å². The zero-order chi connectivity index (χ0) is 19.3. The topological polar surface area (TPSA) is 81.2 Å². The Kier molecular flexibility index (Phi) is 5.52. The number of hydrogen-bond donors (Lipinski definition) is 1. The molecule has 7 heteroatoms. The number of benzene rings is 2. The highest BCUT2D eigenvalue weighted by Crippen LogP contribution is 2.23. The van der Waals surface area contributed by atoms with E-state index < -0.39 is 10.0 Å². The smallest absolute Gasteiger partial charge is 0.264 e. The zero-order valence-corrected chi connectivity index (χ0v) is 15.8. The molecule has 0 amide bonds. The normalized spacial score (nSPS) is 10.9. The van der Waals surface area contributed by atoms with Gasteiger partial charge in [0, 0.05) is 6.07 Å². The van der Waals surface area contributed by atoms with Crippen LogP contribution in [0.4, 0.5) is 5.95 Å². The summed E-state index contributed by atoms with van der Waals surface area (Å²) >= 11 is 0. The largest absolute Gasteiger partial charge is 0.439 e. The minimum Gasteiger partial charge on any atom is -0.439 e. The van der Waals surface area contributed by atoms with Gasteiger partial charge in [-0.25, -0.2) is 18.1 Å². The van der Waals surface area contributed by atoms with Crippen LogP contribution in [0.1, 0.15) is 19.5 Å². The van der Waals surface area contributed by atoms with Gasteiger partial charge in [-0.2, -0.15) is 4.98 Å². The van der Waals surface area contributed by atoms with E-state index in [4.69, 9.17) is 4.74 Å². The van der Waals surface area contributed by atoms with Crippen molar-refractivity contribution in [2.24, 2.45) is 0 Å². The number of aromatic nitrogens is 2. The first-order chi connectivity index (χ1) is 12.9. The second-order valence-electron chi connectivity index (χ2n) is 6.01. The lowest BCUT2D eigenvalue weighted by molar-refractivity contribution is 0.462. The molecule has 1 heterocycles. The van der Waals surface area contributed by atoms with Crippen molar-refractivity contribution in [3.63, 3.8) is 0 Å². The van der Waals surface area contributed by atoms with Crippen molar-refractivity contribution in [2.75, 3.05) is 4.72 Å². The second-order valence-corrected chi connectivity index (χ2v) is 7.69. The van der Waals surface area contributed by atoms with Crippen LogP contribution in [0.5, 0.6) is 11.6 Å². The first-order valence-electron chi connectivity index (χ1n) is 8.27. The lowest BCUT2D eigenvalue weighted by atomic mass is 10.2. The number of allylic oxidation sites excluding steroid dienone is 1. The zero-order valence-electron chi connectivity index (χ0n) is 15.0. The number of anilines is 1. The predicted octanol–water partition coefficient (Wildman–Crippen LogP) is 4.49. The standard InChI is InChI=1S/C20H19N3O3S/c1-15(2)13-16-14-19(26-17-9-5-3-6-10-17)22-20(21-16)23-27(24,25)18-11-7-4-8-12-18/h3-14H,1-2H3,(H,21,22,23). The fourth-order valence-electron chi connectivity index (χ4n) is 2.30. The van der Waals surface area contributed by atoms with E-state index in [1.54, 1.807) is 36.4 Å². The van der Waals surface area contributed by atoms with Crippen LogP contribution in [0.15, 0.2) is 77.2 Å². The van der Waals surface area contributed by atoms with Gasteiger partial charge in [0.2, 0.25) is 11.8 Å². The van der Waals surface area contributed by atoms with Crippen molar-refractivity contribution in [3.05, 3.63) is 78.0 Å². The summed E-state index contributed by atoms with van der Waals surface area (Å²) in [7, 11) is -3.80. The summed E-state index contributed by atoms with van der Waals surface area (Å²) in [6.07, 6.45) is 1.82. The van der Waals surface area contributed by atoms with Crippen molar-refractivity contribution in [2.45, 2.75) is 18.7 Å². The van der Waals surface area contributed by atoms with Gasteiger partial charge in [0.15, 0.2) is 0 Å². The molecule has 1 N–H and O–H groups in total. The molecule has 0 spiro atoms. The molecule has 1 aromatic heterocycles. The van der Waals surface area contributed by atoms with Crippen LogP contribution in [-0.2, 0) is 10.0 Å². The Bertz CT molecular complexity index is 1050. The maximum atomic E-state index is 12.6. The van der Waals surface area contributed by atoms with E-state index in [0.717, 1.165) is 5.57 Å². The number of ether oxygens (including phenoxy) is 1. The van der Waals surface area contributed by atoms with Gasteiger partial charge in [0.1, 0.15) is 5.75 Å². The molecule has 27 heavy (non-hydrogen) atoms. The van der Waals surface area contributed by atoms with E-state index in [0.29, 0.717) is 11.4 Å². The molecule has 0 unspecified atom stereocenters. The van der Waals surface area contributed by atoms with Crippen molar-refractivity contribution < 1.29 is 13.2 Å². The molecule has 138 valence electrons. The molecule has 0 fully saturated rings. The first-order valence-corrected chi connectivity index (χ1v) is 9.75. The molecule has 0 aliphatic heterocycles. The Hall–Kier alpha value is -3.19. The van der Waals surface area contributed by atoms with Gasteiger partial charge >= 0.3 is 0 Å². The monoisotopic (exact) mass is 381 g/mol. The maximum Gasteiger partial charge on any atom is 0.264 e. The quantitative estimate of drug-likeness (QED) is 0.680. The Morgan fingerprint density at radius 1 is 0.963 bits per heavy atom. The molecule has 0 aliphatic carbocycles. The highest BCUT2D eigenvalue weighted by Gasteiger charge is 2.16. The van der Waals surface area contributed by atoms with Gasteiger partial charge in [-0.05, 0) is 44.2 Å². The van der Waals surface area contributed by atoms with E-state index >= 15 is 0 Å². The van der Waals surface area contributed by atoms with Crippen LogP contribution < -0.4 is 9.46 Å². The summed E-state index contributed by atoms with van der Waals surface area (Å²) in [4.78, 5) is 8.59. The Balaban J connectivity index is 1.96. The van der Waals surface area contributed by atoms with Crippen LogP contribution in [0, 0.1) is 0 Å². The van der Waals surface area contributed by atoms with Crippen LogP contribution >= 0.6 is 0 Å². The second kappa shape index (κ2) is 8.01. The number of sulfonamides is 1. The maximum absolute atomic E-state index is 12.6. The first kappa shape index (κ1) is 18.6. The lowest BCUT2D eigenvalue weighted by Gasteiger charge is -2.10. The number of rotatable bonds is 6. The molecule has 3 aromatic rings. The average Bonchev–Trinajstić information content (AvgIpc) is 2.62. The van der Waals surface area contributed by atoms with Crippen LogP contribution in [0.25, 0.3) is 6.08 Å². The number of hydrogen-bond acceptors (Lipinski definition) is 5. The fourth-order valence-corrected chi connectivity index (χ4v) is 3.26. The van der Waals surface area contributed by atoms with E-state index in [1.165, 1.54) is 12.1 Å². The van der Waals surface area contributed by atoms with Crippen molar-refractivity contribution in [1.29, 1.82) is 0 Å². The van der Waals surface area contributed by atoms with Crippen LogP contribution in [0.2, 0.25) is 0 Å². The number of nitrogens with zero attached hydrogens (tertiary/aromatic N) is 2. The highest BCUT2D eigenvalue weighted by atomic mass is 32.2. The molecule has 0 saturated carbocycles. The Morgan fingerprint density at radius 3 is 2.22 bits per heavy atom. The Labute approximate surface area is 158 Å². The summed E-state index contributed by atoms with van der Waals surface area (Å²) < 4.78 is 33.3. The molecular formula is C20H19N3O3S. The molecule has 0 radical (unpaired) electrons. The predicted molar refractivity (Wildman–Crippen MR) is 105 cm³/mol.